The van der Waals surface area contributed by atoms with E-state index in [-0.39, 0.29) is 29.1 Å². The van der Waals surface area contributed by atoms with E-state index in [0.29, 0.717) is 11.6 Å². The van der Waals surface area contributed by atoms with Crippen molar-refractivity contribution < 1.29 is 9.21 Å². The number of nitrogens with one attached hydrogen (secondary N) is 2. The molecule has 1 spiro atoms. The van der Waals surface area contributed by atoms with Crippen LogP contribution >= 0.6 is 24.0 Å². The average Bonchev–Trinajstić information content (AvgIpc) is 2.98. The second-order valence-corrected chi connectivity index (χ2v) is 7.93. The first-order chi connectivity index (χ1) is 12.0. The molecule has 1 aliphatic heterocycles. The van der Waals surface area contributed by atoms with E-state index in [9.17, 15) is 4.79 Å². The first-order valence-corrected chi connectivity index (χ1v) is 9.24. The Morgan fingerprint density at radius 3 is 2.58 bits per heavy atom. The van der Waals surface area contributed by atoms with Crippen molar-refractivity contribution in [1.82, 2.24) is 10.6 Å². The molecule has 2 fully saturated rings. The summed E-state index contributed by atoms with van der Waals surface area (Å²) in [7, 11) is 0. The van der Waals surface area contributed by atoms with Gasteiger partial charge < -0.3 is 15.1 Å². The Morgan fingerprint density at radius 1 is 1.19 bits per heavy atom. The summed E-state index contributed by atoms with van der Waals surface area (Å²) in [5, 5.41) is 7.16. The summed E-state index contributed by atoms with van der Waals surface area (Å²) < 4.78 is 5.86. The van der Waals surface area contributed by atoms with Crippen molar-refractivity contribution in [3.8, 4) is 11.3 Å². The molecule has 1 saturated carbocycles. The highest BCUT2D eigenvalue weighted by atomic mass is 35.5. The number of piperidine rings is 1. The van der Waals surface area contributed by atoms with Crippen molar-refractivity contribution in [2.24, 2.45) is 10.8 Å². The molecule has 2 aromatic rings. The molecule has 1 unspecified atom stereocenters. The molecule has 4 rings (SSSR count). The number of carbonyl (C=O) groups excluding carboxylic acids is 1. The van der Waals surface area contributed by atoms with Crippen LogP contribution in [0.15, 0.2) is 40.8 Å². The second-order valence-electron chi connectivity index (χ2n) is 7.49. The number of hydrogen-bond donors (Lipinski definition) is 2. The molecule has 26 heavy (non-hydrogen) atoms. The van der Waals surface area contributed by atoms with Crippen LogP contribution in [-0.2, 0) is 11.3 Å². The van der Waals surface area contributed by atoms with E-state index >= 15 is 0 Å². The van der Waals surface area contributed by atoms with Gasteiger partial charge in [0.25, 0.3) is 0 Å². The van der Waals surface area contributed by atoms with Crippen LogP contribution in [0, 0.1) is 10.8 Å². The van der Waals surface area contributed by atoms with Crippen molar-refractivity contribution in [2.45, 2.75) is 32.7 Å². The largest absolute Gasteiger partial charge is 0.459 e. The Kier molecular flexibility index (Phi) is 5.38. The molecule has 140 valence electrons. The molecule has 2 aliphatic rings. The molecule has 1 aromatic heterocycles. The minimum atomic E-state index is -0.222. The lowest BCUT2D eigenvalue weighted by Gasteiger charge is -2.27. The average molecular weight is 395 g/mol. The maximum Gasteiger partial charge on any atom is 0.226 e. The number of furan rings is 1. The van der Waals surface area contributed by atoms with Gasteiger partial charge in [0.2, 0.25) is 5.91 Å². The Bertz CT molecular complexity index is 781. The fourth-order valence-corrected chi connectivity index (χ4v) is 4.32. The number of benzene rings is 1. The van der Waals surface area contributed by atoms with Crippen LogP contribution in [0.5, 0.6) is 0 Å². The number of halogens is 2. The van der Waals surface area contributed by atoms with Crippen molar-refractivity contribution in [2.75, 3.05) is 13.1 Å². The molecule has 6 heteroatoms. The van der Waals surface area contributed by atoms with Gasteiger partial charge in [-0.2, -0.15) is 0 Å². The molecule has 2 heterocycles. The van der Waals surface area contributed by atoms with E-state index in [1.807, 2.05) is 36.4 Å². The number of carbonyl (C=O) groups is 1. The van der Waals surface area contributed by atoms with Gasteiger partial charge in [0.15, 0.2) is 0 Å². The monoisotopic (exact) mass is 394 g/mol. The topological polar surface area (TPSA) is 54.3 Å². The SMILES string of the molecule is CC1(C(=O)NCc2ccc(-c3ccc(Cl)cc3)o2)CC12CCNCC2.Cl. The summed E-state index contributed by atoms with van der Waals surface area (Å²) in [6, 6.07) is 11.4. The summed E-state index contributed by atoms with van der Waals surface area (Å²) in [5.41, 5.74) is 0.963. The summed E-state index contributed by atoms with van der Waals surface area (Å²) in [5.74, 6) is 1.70. The smallest absolute Gasteiger partial charge is 0.226 e. The normalized spacial score (nSPS) is 23.3. The van der Waals surface area contributed by atoms with E-state index in [4.69, 9.17) is 16.0 Å². The van der Waals surface area contributed by atoms with Crippen LogP contribution in [0.4, 0.5) is 0 Å². The van der Waals surface area contributed by atoms with Gasteiger partial charge >= 0.3 is 0 Å². The van der Waals surface area contributed by atoms with E-state index in [0.717, 1.165) is 49.4 Å². The lowest BCUT2D eigenvalue weighted by molar-refractivity contribution is -0.127. The number of amides is 1. The Hall–Kier alpha value is -1.49. The van der Waals surface area contributed by atoms with Gasteiger partial charge in [-0.05, 0) is 74.2 Å². The molecule has 4 nitrogen and oxygen atoms in total. The number of hydrogen-bond acceptors (Lipinski definition) is 3. The van der Waals surface area contributed by atoms with Crippen molar-refractivity contribution >= 4 is 29.9 Å². The number of rotatable bonds is 4. The third-order valence-electron chi connectivity index (χ3n) is 6.01. The fraction of sp³-hybridized carbons (Fsp3) is 0.450. The standard InChI is InChI=1S/C20H23ClN2O2.ClH/c1-19(13-20(19)8-10-22-11-9-20)18(24)23-12-16-6-7-17(25-16)14-2-4-15(21)5-3-14;/h2-7,22H,8-13H2,1H3,(H,23,24);1H. The molecule has 1 saturated heterocycles. The summed E-state index contributed by atoms with van der Waals surface area (Å²) in [6.07, 6.45) is 3.19. The van der Waals surface area contributed by atoms with Crippen molar-refractivity contribution in [3.63, 3.8) is 0 Å². The van der Waals surface area contributed by atoms with Gasteiger partial charge in [0.1, 0.15) is 11.5 Å². The zero-order valence-corrected chi connectivity index (χ0v) is 16.4. The highest BCUT2D eigenvalue weighted by Gasteiger charge is 2.67. The summed E-state index contributed by atoms with van der Waals surface area (Å²) in [6.45, 7) is 4.57. The van der Waals surface area contributed by atoms with Gasteiger partial charge in [0, 0.05) is 10.6 Å². The predicted octanol–water partition coefficient (Wildman–Crippen LogP) is 4.42. The van der Waals surface area contributed by atoms with Gasteiger partial charge in [-0.1, -0.05) is 18.5 Å². The van der Waals surface area contributed by atoms with E-state index < -0.39 is 0 Å². The van der Waals surface area contributed by atoms with Gasteiger partial charge in [-0.15, -0.1) is 12.4 Å². The van der Waals surface area contributed by atoms with Crippen LogP contribution in [0.1, 0.15) is 31.9 Å². The second kappa shape index (κ2) is 7.26. The van der Waals surface area contributed by atoms with Gasteiger partial charge in [-0.3, -0.25) is 4.79 Å². The van der Waals surface area contributed by atoms with E-state index in [2.05, 4.69) is 17.6 Å². The minimum Gasteiger partial charge on any atom is -0.459 e. The molecule has 0 bridgehead atoms. The molecule has 0 radical (unpaired) electrons. The van der Waals surface area contributed by atoms with Gasteiger partial charge in [-0.25, -0.2) is 0 Å². The summed E-state index contributed by atoms with van der Waals surface area (Å²) in [4.78, 5) is 12.7. The highest BCUT2D eigenvalue weighted by molar-refractivity contribution is 6.30. The molecule has 1 atom stereocenters. The van der Waals surface area contributed by atoms with Crippen molar-refractivity contribution in [1.29, 1.82) is 0 Å². The highest BCUT2D eigenvalue weighted by Crippen LogP contribution is 2.68. The predicted molar refractivity (Wildman–Crippen MR) is 106 cm³/mol. The summed E-state index contributed by atoms with van der Waals surface area (Å²) >= 11 is 5.92. The van der Waals surface area contributed by atoms with Crippen LogP contribution in [0.25, 0.3) is 11.3 Å². The Labute approximate surface area is 165 Å². The minimum absolute atomic E-state index is 0. The van der Waals surface area contributed by atoms with Crippen LogP contribution in [0.2, 0.25) is 5.02 Å². The molecule has 2 N–H and O–H groups in total. The van der Waals surface area contributed by atoms with Crippen LogP contribution < -0.4 is 10.6 Å². The van der Waals surface area contributed by atoms with Crippen LogP contribution in [-0.4, -0.2) is 19.0 Å². The lowest BCUT2D eigenvalue weighted by atomic mass is 9.85. The molecule has 1 aromatic carbocycles. The molecular weight excluding hydrogens is 371 g/mol. The first kappa shape index (κ1) is 19.3. The molecule has 1 amide bonds. The van der Waals surface area contributed by atoms with E-state index in [1.54, 1.807) is 0 Å². The third-order valence-corrected chi connectivity index (χ3v) is 6.26. The lowest BCUT2D eigenvalue weighted by Crippen LogP contribution is -2.38. The fourth-order valence-electron chi connectivity index (χ4n) is 4.19. The van der Waals surface area contributed by atoms with Crippen molar-refractivity contribution in [3.05, 3.63) is 47.2 Å². The molecular formula is C20H24Cl2N2O2. The maximum atomic E-state index is 12.7. The zero-order chi connectivity index (χ0) is 17.5. The van der Waals surface area contributed by atoms with E-state index in [1.165, 1.54) is 0 Å². The molecule has 1 aliphatic carbocycles. The Morgan fingerprint density at radius 2 is 1.88 bits per heavy atom. The maximum absolute atomic E-state index is 12.7. The first-order valence-electron chi connectivity index (χ1n) is 8.86. The van der Waals surface area contributed by atoms with Crippen LogP contribution in [0.3, 0.4) is 0 Å². The quantitative estimate of drug-likeness (QED) is 0.806. The van der Waals surface area contributed by atoms with Gasteiger partial charge in [0.05, 0.1) is 12.0 Å². The third kappa shape index (κ3) is 3.38. The zero-order valence-electron chi connectivity index (χ0n) is 14.8. The Balaban J connectivity index is 0.00000196.